The molecule has 1 saturated heterocycles. The summed E-state index contributed by atoms with van der Waals surface area (Å²) in [4.78, 5) is 32.7. The van der Waals surface area contributed by atoms with Crippen LogP contribution in [0.5, 0.6) is 5.75 Å². The lowest BCUT2D eigenvalue weighted by molar-refractivity contribution is -0.156. The highest BCUT2D eigenvalue weighted by Crippen LogP contribution is 2.19. The zero-order valence-corrected chi connectivity index (χ0v) is 14.4. The van der Waals surface area contributed by atoms with Gasteiger partial charge >= 0.3 is 0 Å². The summed E-state index contributed by atoms with van der Waals surface area (Å²) in [6, 6.07) is 12.7. The highest BCUT2D eigenvalue weighted by atomic mass is 16.5. The second kappa shape index (κ2) is 7.34. The molecule has 2 amide bonds. The van der Waals surface area contributed by atoms with Crippen LogP contribution in [0.15, 0.2) is 48.7 Å². The number of carbonyl (C=O) groups excluding carboxylic acids is 2. The molecule has 6 heteroatoms. The number of pyridine rings is 1. The van der Waals surface area contributed by atoms with Crippen molar-refractivity contribution in [3.63, 3.8) is 0 Å². The van der Waals surface area contributed by atoms with Gasteiger partial charge in [0.25, 0.3) is 0 Å². The van der Waals surface area contributed by atoms with Crippen molar-refractivity contribution in [2.24, 2.45) is 0 Å². The van der Waals surface area contributed by atoms with Crippen molar-refractivity contribution < 1.29 is 14.3 Å². The van der Waals surface area contributed by atoms with Crippen molar-refractivity contribution in [3.8, 4) is 5.75 Å². The molecule has 6 nitrogen and oxygen atoms in total. The number of nitrogens with zero attached hydrogens (tertiary/aromatic N) is 3. The molecular formula is C19H21N3O3. The van der Waals surface area contributed by atoms with Crippen LogP contribution >= 0.6 is 0 Å². The van der Waals surface area contributed by atoms with Crippen molar-refractivity contribution in [2.75, 3.05) is 13.7 Å². The maximum atomic E-state index is 12.7. The Hall–Kier alpha value is -2.89. The van der Waals surface area contributed by atoms with E-state index in [-0.39, 0.29) is 18.4 Å². The second-order valence-corrected chi connectivity index (χ2v) is 6.06. The summed E-state index contributed by atoms with van der Waals surface area (Å²) in [7, 11) is 1.58. The molecule has 0 radical (unpaired) electrons. The zero-order valence-electron chi connectivity index (χ0n) is 14.4. The molecule has 1 aromatic carbocycles. The van der Waals surface area contributed by atoms with Crippen molar-refractivity contribution in [2.45, 2.75) is 26.1 Å². The third-order valence-electron chi connectivity index (χ3n) is 4.36. The third kappa shape index (κ3) is 3.79. The Labute approximate surface area is 147 Å². The Morgan fingerprint density at radius 3 is 2.64 bits per heavy atom. The van der Waals surface area contributed by atoms with Crippen LogP contribution in [-0.4, -0.2) is 46.3 Å². The monoisotopic (exact) mass is 339 g/mol. The first kappa shape index (κ1) is 17.0. The van der Waals surface area contributed by atoms with E-state index < -0.39 is 6.04 Å². The normalized spacial score (nSPS) is 17.8. The Morgan fingerprint density at radius 2 is 1.92 bits per heavy atom. The Morgan fingerprint density at radius 1 is 1.16 bits per heavy atom. The fourth-order valence-electron chi connectivity index (χ4n) is 2.95. The van der Waals surface area contributed by atoms with Gasteiger partial charge in [0.2, 0.25) is 11.8 Å². The standard InChI is InChI=1S/C19H21N3O3/c1-14-19(24)21(11-15-6-4-3-5-7-15)13-18(23)22(14)12-16-10-17(25-2)8-9-20-16/h3-10,14H,11-13H2,1-2H3/t14-/m0/s1. The van der Waals surface area contributed by atoms with E-state index in [1.54, 1.807) is 42.2 Å². The van der Waals surface area contributed by atoms with Crippen molar-refractivity contribution in [1.29, 1.82) is 0 Å². The molecule has 0 unspecified atom stereocenters. The summed E-state index contributed by atoms with van der Waals surface area (Å²) in [5, 5.41) is 0. The quantitative estimate of drug-likeness (QED) is 0.834. The first-order chi connectivity index (χ1) is 12.1. The topological polar surface area (TPSA) is 62.7 Å². The van der Waals surface area contributed by atoms with Gasteiger partial charge < -0.3 is 14.5 Å². The Balaban J connectivity index is 1.72. The molecule has 25 heavy (non-hydrogen) atoms. The summed E-state index contributed by atoms with van der Waals surface area (Å²) in [5.41, 5.74) is 1.71. The van der Waals surface area contributed by atoms with Gasteiger partial charge in [-0.2, -0.15) is 0 Å². The number of carbonyl (C=O) groups is 2. The number of ether oxygens (including phenoxy) is 1. The van der Waals surface area contributed by atoms with Crippen molar-refractivity contribution in [1.82, 2.24) is 14.8 Å². The van der Waals surface area contributed by atoms with Gasteiger partial charge in [0, 0.05) is 18.8 Å². The highest BCUT2D eigenvalue weighted by molar-refractivity contribution is 5.94. The summed E-state index contributed by atoms with van der Waals surface area (Å²) in [6.45, 7) is 2.59. The van der Waals surface area contributed by atoms with Crippen LogP contribution in [0.3, 0.4) is 0 Å². The highest BCUT2D eigenvalue weighted by Gasteiger charge is 2.36. The van der Waals surface area contributed by atoms with E-state index >= 15 is 0 Å². The summed E-state index contributed by atoms with van der Waals surface area (Å²) >= 11 is 0. The van der Waals surface area contributed by atoms with E-state index in [4.69, 9.17) is 4.74 Å². The lowest BCUT2D eigenvalue weighted by Gasteiger charge is -2.38. The molecule has 3 rings (SSSR count). The van der Waals surface area contributed by atoms with Crippen LogP contribution in [0.25, 0.3) is 0 Å². The molecule has 0 N–H and O–H groups in total. The van der Waals surface area contributed by atoms with E-state index in [2.05, 4.69) is 4.98 Å². The average molecular weight is 339 g/mol. The molecule has 2 heterocycles. The summed E-state index contributed by atoms with van der Waals surface area (Å²) < 4.78 is 5.18. The smallest absolute Gasteiger partial charge is 0.245 e. The van der Waals surface area contributed by atoms with Gasteiger partial charge in [0.15, 0.2) is 0 Å². The minimum absolute atomic E-state index is 0.0497. The van der Waals surface area contributed by atoms with Gasteiger partial charge in [-0.15, -0.1) is 0 Å². The molecule has 1 atom stereocenters. The van der Waals surface area contributed by atoms with Gasteiger partial charge in [-0.3, -0.25) is 14.6 Å². The summed E-state index contributed by atoms with van der Waals surface area (Å²) in [5.74, 6) is 0.554. The first-order valence-electron chi connectivity index (χ1n) is 8.19. The molecule has 1 aromatic heterocycles. The predicted molar refractivity (Wildman–Crippen MR) is 92.7 cm³/mol. The number of hydrogen-bond acceptors (Lipinski definition) is 4. The third-order valence-corrected chi connectivity index (χ3v) is 4.36. The van der Waals surface area contributed by atoms with Gasteiger partial charge in [0.1, 0.15) is 18.3 Å². The van der Waals surface area contributed by atoms with Crippen LogP contribution in [0.1, 0.15) is 18.2 Å². The van der Waals surface area contributed by atoms with E-state index in [0.29, 0.717) is 24.5 Å². The molecule has 0 aliphatic carbocycles. The van der Waals surface area contributed by atoms with Gasteiger partial charge in [-0.05, 0) is 18.6 Å². The largest absolute Gasteiger partial charge is 0.497 e. The number of rotatable bonds is 5. The van der Waals surface area contributed by atoms with Crippen molar-refractivity contribution in [3.05, 3.63) is 59.9 Å². The Kier molecular flexibility index (Phi) is 4.97. The molecule has 2 aromatic rings. The number of methoxy groups -OCH3 is 1. The molecular weight excluding hydrogens is 318 g/mol. The van der Waals surface area contributed by atoms with Crippen LogP contribution in [0.2, 0.25) is 0 Å². The lowest BCUT2D eigenvalue weighted by Crippen LogP contribution is -2.58. The number of hydrogen-bond donors (Lipinski definition) is 0. The van der Waals surface area contributed by atoms with Gasteiger partial charge in [-0.1, -0.05) is 30.3 Å². The number of aromatic nitrogens is 1. The van der Waals surface area contributed by atoms with E-state index in [1.807, 2.05) is 30.3 Å². The van der Waals surface area contributed by atoms with Crippen LogP contribution < -0.4 is 4.74 Å². The van der Waals surface area contributed by atoms with Gasteiger partial charge in [0.05, 0.1) is 19.3 Å². The van der Waals surface area contributed by atoms with Gasteiger partial charge in [-0.25, -0.2) is 0 Å². The first-order valence-corrected chi connectivity index (χ1v) is 8.19. The van der Waals surface area contributed by atoms with Crippen molar-refractivity contribution >= 4 is 11.8 Å². The molecule has 1 fully saturated rings. The SMILES string of the molecule is COc1ccnc(CN2C(=O)CN(Cc3ccccc3)C(=O)[C@@H]2C)c1. The molecule has 1 aliphatic rings. The maximum absolute atomic E-state index is 12.7. The molecule has 1 aliphatic heterocycles. The van der Waals surface area contributed by atoms with E-state index in [9.17, 15) is 9.59 Å². The lowest BCUT2D eigenvalue weighted by atomic mass is 10.1. The number of amides is 2. The fourth-order valence-corrected chi connectivity index (χ4v) is 2.95. The zero-order chi connectivity index (χ0) is 17.8. The predicted octanol–water partition coefficient (Wildman–Crippen LogP) is 1.85. The van der Waals surface area contributed by atoms with Crippen LogP contribution in [0, 0.1) is 0 Å². The number of piperazine rings is 1. The average Bonchev–Trinajstić information content (AvgIpc) is 2.64. The minimum atomic E-state index is -0.516. The fraction of sp³-hybridized carbons (Fsp3) is 0.316. The van der Waals surface area contributed by atoms with Crippen LogP contribution in [-0.2, 0) is 22.7 Å². The maximum Gasteiger partial charge on any atom is 0.245 e. The molecule has 0 saturated carbocycles. The summed E-state index contributed by atoms with van der Waals surface area (Å²) in [6.07, 6.45) is 1.64. The molecule has 0 spiro atoms. The number of benzene rings is 1. The molecule has 0 bridgehead atoms. The van der Waals surface area contributed by atoms with E-state index in [1.165, 1.54) is 0 Å². The second-order valence-electron chi connectivity index (χ2n) is 6.06. The van der Waals surface area contributed by atoms with Crippen LogP contribution in [0.4, 0.5) is 0 Å². The minimum Gasteiger partial charge on any atom is -0.497 e. The van der Waals surface area contributed by atoms with E-state index in [0.717, 1.165) is 5.56 Å². The Bertz CT molecular complexity index is 764. The molecule has 130 valence electrons.